The minimum absolute atomic E-state index is 0.0323. The Hall–Kier alpha value is -3.07. The van der Waals surface area contributed by atoms with Crippen molar-refractivity contribution in [3.05, 3.63) is 97.2 Å². The Bertz CT molecular complexity index is 1620. The minimum Gasteiger partial charge on any atom is -0.756 e. The Morgan fingerprint density at radius 2 is 0.842 bits per heavy atom. The highest BCUT2D eigenvalue weighted by Gasteiger charge is 2.27. The minimum atomic E-state index is -4.71. The Balaban J connectivity index is 5.16. The third kappa shape index (κ3) is 55.7. The molecule has 0 aliphatic heterocycles. The van der Waals surface area contributed by atoms with E-state index in [0.29, 0.717) is 17.4 Å². The molecule has 0 rings (SSSR count). The second-order valence-corrected chi connectivity index (χ2v) is 23.2. The smallest absolute Gasteiger partial charge is 0.306 e. The number of carbonyl (C=O) groups excluding carboxylic acids is 2. The van der Waals surface area contributed by atoms with Crippen LogP contribution in [0.25, 0.3) is 0 Å². The number of hydrogen-bond donors (Lipinski definition) is 1. The molecule has 0 aliphatic carbocycles. The highest BCUT2D eigenvalue weighted by molar-refractivity contribution is 7.45. The van der Waals surface area contributed by atoms with E-state index in [9.17, 15) is 19.0 Å². The molecule has 0 fully saturated rings. The number of carbonyl (C=O) groups is 2. The van der Waals surface area contributed by atoms with Gasteiger partial charge in [0.25, 0.3) is 7.82 Å². The molecule has 3 atom stereocenters. The molecular weight excluding hydrogens is 964 g/mol. The summed E-state index contributed by atoms with van der Waals surface area (Å²) in [5, 5.41) is 3.01. The third-order valence-electron chi connectivity index (χ3n) is 13.2. The van der Waals surface area contributed by atoms with Gasteiger partial charge in [0.1, 0.15) is 19.3 Å². The van der Waals surface area contributed by atoms with E-state index in [2.05, 4.69) is 111 Å². The van der Waals surface area contributed by atoms with Crippen LogP contribution in [0.15, 0.2) is 97.2 Å². The molecule has 0 saturated carbocycles. The lowest BCUT2D eigenvalue weighted by atomic mass is 10.1. The summed E-state index contributed by atoms with van der Waals surface area (Å²) in [4.78, 5) is 39.9. The van der Waals surface area contributed by atoms with Crippen LogP contribution in [-0.2, 0) is 27.9 Å². The predicted molar refractivity (Wildman–Crippen MR) is 325 cm³/mol. The number of unbranched alkanes of at least 4 members (excludes halogenated alkanes) is 25. The highest BCUT2D eigenvalue weighted by atomic mass is 31.2. The number of amides is 1. The number of phosphoric acid groups is 1. The fraction of sp³-hybridized carbons (Fsp3) is 0.727. The zero-order chi connectivity index (χ0) is 55.7. The van der Waals surface area contributed by atoms with Crippen molar-refractivity contribution in [2.24, 2.45) is 0 Å². The van der Waals surface area contributed by atoms with Gasteiger partial charge < -0.3 is 28.5 Å². The van der Waals surface area contributed by atoms with Crippen LogP contribution in [-0.4, -0.2) is 69.4 Å². The first-order chi connectivity index (χ1) is 36.9. The lowest BCUT2D eigenvalue weighted by Crippen LogP contribution is -2.47. The summed E-state index contributed by atoms with van der Waals surface area (Å²) in [7, 11) is 1.15. The summed E-state index contributed by atoms with van der Waals surface area (Å²) >= 11 is 0. The van der Waals surface area contributed by atoms with Crippen molar-refractivity contribution < 1.29 is 37.3 Å². The molecule has 0 radical (unpaired) electrons. The number of nitrogens with one attached hydrogen (secondary N) is 1. The van der Waals surface area contributed by atoms with Gasteiger partial charge in [0, 0.05) is 12.8 Å². The normalized spacial score (nSPS) is 14.4. The van der Waals surface area contributed by atoms with Crippen molar-refractivity contribution in [1.29, 1.82) is 0 Å². The van der Waals surface area contributed by atoms with E-state index in [1.165, 1.54) is 103 Å². The van der Waals surface area contributed by atoms with Gasteiger partial charge in [-0.1, -0.05) is 234 Å². The third-order valence-corrected chi connectivity index (χ3v) is 14.2. The molecule has 0 aromatic carbocycles. The maximum atomic E-state index is 13.5. The Morgan fingerprint density at radius 3 is 1.29 bits per heavy atom. The fourth-order valence-corrected chi connectivity index (χ4v) is 9.18. The zero-order valence-electron chi connectivity index (χ0n) is 49.9. The number of nitrogens with zero attached hydrogens (tertiary/aromatic N) is 1. The van der Waals surface area contributed by atoms with Crippen LogP contribution in [0.5, 0.6) is 0 Å². The lowest BCUT2D eigenvalue weighted by molar-refractivity contribution is -0.870. The van der Waals surface area contributed by atoms with Gasteiger partial charge in [0.05, 0.1) is 33.8 Å². The molecule has 0 saturated heterocycles. The molecular formula is C66H117N2O7P. The Labute approximate surface area is 468 Å². The number of quaternary nitrogens is 1. The molecule has 0 aromatic rings. The van der Waals surface area contributed by atoms with Crippen LogP contribution < -0.4 is 10.2 Å². The van der Waals surface area contributed by atoms with E-state index >= 15 is 0 Å². The first-order valence-electron chi connectivity index (χ1n) is 31.0. The molecule has 0 spiro atoms. The van der Waals surface area contributed by atoms with E-state index in [1.54, 1.807) is 0 Å². The molecule has 10 heteroatoms. The molecule has 3 unspecified atom stereocenters. The first-order valence-corrected chi connectivity index (χ1v) is 32.5. The van der Waals surface area contributed by atoms with Gasteiger partial charge in [-0.2, -0.15) is 0 Å². The van der Waals surface area contributed by atoms with Crippen molar-refractivity contribution in [3.63, 3.8) is 0 Å². The molecule has 76 heavy (non-hydrogen) atoms. The van der Waals surface area contributed by atoms with Gasteiger partial charge in [-0.3, -0.25) is 14.2 Å². The van der Waals surface area contributed by atoms with Gasteiger partial charge in [-0.15, -0.1) is 0 Å². The van der Waals surface area contributed by atoms with Crippen LogP contribution in [0.1, 0.15) is 258 Å². The number of ether oxygens (including phenoxy) is 1. The molecule has 0 heterocycles. The predicted octanol–water partition coefficient (Wildman–Crippen LogP) is 18.5. The second-order valence-electron chi connectivity index (χ2n) is 21.8. The van der Waals surface area contributed by atoms with Crippen molar-refractivity contribution >= 4 is 19.7 Å². The van der Waals surface area contributed by atoms with E-state index in [4.69, 9.17) is 13.8 Å². The molecule has 9 nitrogen and oxygen atoms in total. The quantitative estimate of drug-likeness (QED) is 0.0212. The largest absolute Gasteiger partial charge is 0.756 e. The molecule has 1 amide bonds. The Kier molecular flexibility index (Phi) is 53.0. The van der Waals surface area contributed by atoms with Crippen LogP contribution in [0.4, 0.5) is 0 Å². The van der Waals surface area contributed by atoms with Gasteiger partial charge in [-0.05, 0) is 109 Å². The topological polar surface area (TPSA) is 114 Å². The first kappa shape index (κ1) is 72.9. The summed E-state index contributed by atoms with van der Waals surface area (Å²) in [6.45, 7) is 6.66. The maximum Gasteiger partial charge on any atom is 0.306 e. The summed E-state index contributed by atoms with van der Waals surface area (Å²) in [6, 6.07) is -0.907. The second kappa shape index (κ2) is 55.3. The van der Waals surface area contributed by atoms with Crippen LogP contribution >= 0.6 is 7.82 Å². The molecule has 0 bridgehead atoms. The van der Waals surface area contributed by atoms with Gasteiger partial charge in [0.15, 0.2) is 0 Å². The number of hydrogen-bond acceptors (Lipinski definition) is 7. The molecule has 0 aliphatic rings. The fourth-order valence-electron chi connectivity index (χ4n) is 8.46. The number of esters is 1. The SMILES string of the molecule is CC/C=C/C/C=C/C/C=C/CCCCCCC(=O)NC(COP(=O)([O-])OCC[N+](C)(C)C)C(/C=C\CCCCCCCCCCC)OC(=O)CCCCCCCCCCC/C=C\C/C=C\C/C=C\C/C=C\CCCCC. The monoisotopic (exact) mass is 1080 g/mol. The van der Waals surface area contributed by atoms with E-state index in [-0.39, 0.29) is 31.3 Å². The number of phosphoric ester groups is 1. The van der Waals surface area contributed by atoms with Crippen LogP contribution in [0.2, 0.25) is 0 Å². The van der Waals surface area contributed by atoms with Crippen molar-refractivity contribution in [1.82, 2.24) is 5.32 Å². The average Bonchev–Trinajstić information content (AvgIpc) is 3.38. The average molecular weight is 1080 g/mol. The summed E-state index contributed by atoms with van der Waals surface area (Å²) < 4.78 is 30.3. The van der Waals surface area contributed by atoms with E-state index in [0.717, 1.165) is 116 Å². The van der Waals surface area contributed by atoms with Gasteiger partial charge >= 0.3 is 5.97 Å². The maximum absolute atomic E-state index is 13.5. The molecule has 1 N–H and O–H groups in total. The van der Waals surface area contributed by atoms with Gasteiger partial charge in [0.2, 0.25) is 5.91 Å². The number of rotatable bonds is 55. The highest BCUT2D eigenvalue weighted by Crippen LogP contribution is 2.38. The van der Waals surface area contributed by atoms with Crippen molar-refractivity contribution in [2.75, 3.05) is 40.9 Å². The lowest BCUT2D eigenvalue weighted by Gasteiger charge is -2.30. The number of allylic oxidation sites excluding steroid dienone is 15. The summed E-state index contributed by atoms with van der Waals surface area (Å²) in [5.41, 5.74) is 0. The molecule has 0 aromatic heterocycles. The zero-order valence-corrected chi connectivity index (χ0v) is 50.8. The van der Waals surface area contributed by atoms with Crippen molar-refractivity contribution in [2.45, 2.75) is 270 Å². The van der Waals surface area contributed by atoms with Crippen molar-refractivity contribution in [3.8, 4) is 0 Å². The Morgan fingerprint density at radius 1 is 0.474 bits per heavy atom. The van der Waals surface area contributed by atoms with Gasteiger partial charge in [-0.25, -0.2) is 0 Å². The summed E-state index contributed by atoms with van der Waals surface area (Å²) in [5.74, 6) is -0.578. The summed E-state index contributed by atoms with van der Waals surface area (Å²) in [6.07, 6.45) is 73.8. The standard InChI is InChI=1S/C66H117N2O7P/c1-7-10-13-16-19-22-25-27-29-30-31-32-33-34-35-36-37-38-39-41-44-47-50-53-56-59-66(70)75-64(57-54-51-48-45-42-24-21-18-15-12-9-3)63(62-74-76(71,72)73-61-60-68(4,5)6)67-65(69)58-55-52-49-46-43-40-28-26-23-20-17-14-11-8-2/h11,14,19-20,22-23,27-29,31-32,34-35,40,54,57,63-64H,7-10,12-13,15-18,21,24-26,30,33,36-39,41-53,55-56,58-62H2,1-6H3,(H-,67,69,71,72)/b14-11+,22-19-,23-20+,29-27-,32-31-,35-34-,40-28+,57-54-. The van der Waals surface area contributed by atoms with Crippen LogP contribution in [0.3, 0.4) is 0 Å². The van der Waals surface area contributed by atoms with E-state index < -0.39 is 26.6 Å². The van der Waals surface area contributed by atoms with E-state index in [1.807, 2.05) is 33.3 Å². The van der Waals surface area contributed by atoms with Crippen LogP contribution in [0, 0.1) is 0 Å². The molecule has 438 valence electrons. The number of likely N-dealkylation sites (N-methyl/N-ethyl adjacent to an activating group) is 1.